The van der Waals surface area contributed by atoms with Gasteiger partial charge in [0.05, 0.1) is 11.4 Å². The zero-order valence-corrected chi connectivity index (χ0v) is 17.2. The standard InChI is InChI=1S/C23H25N3OS/c1-16-9-8-13-19(17(16)2)24-22(27)15-28-23-25-20-12-6-7-14-21(20)26(23)18-10-4-3-5-11-18/h3-5,8-11,13H,6-7,12,14-15H2,1-2H3,(H,24,27). The zero-order valence-electron chi connectivity index (χ0n) is 16.4. The number of nitrogens with zero attached hydrogens (tertiary/aromatic N) is 2. The molecular weight excluding hydrogens is 366 g/mol. The lowest BCUT2D eigenvalue weighted by Gasteiger charge is -2.15. The van der Waals surface area contributed by atoms with E-state index in [1.807, 2.05) is 37.3 Å². The lowest BCUT2D eigenvalue weighted by atomic mass is 10.0. The smallest absolute Gasteiger partial charge is 0.234 e. The fourth-order valence-corrected chi connectivity index (χ4v) is 4.51. The van der Waals surface area contributed by atoms with E-state index >= 15 is 0 Å². The van der Waals surface area contributed by atoms with Crippen molar-refractivity contribution >= 4 is 23.4 Å². The van der Waals surface area contributed by atoms with E-state index in [2.05, 4.69) is 35.0 Å². The lowest BCUT2D eigenvalue weighted by molar-refractivity contribution is -0.113. The van der Waals surface area contributed by atoms with E-state index in [1.54, 1.807) is 0 Å². The van der Waals surface area contributed by atoms with Gasteiger partial charge in [0.15, 0.2) is 5.16 Å². The molecule has 0 saturated carbocycles. The molecule has 4 nitrogen and oxygen atoms in total. The number of benzene rings is 2. The average Bonchev–Trinajstić information content (AvgIpc) is 3.09. The SMILES string of the molecule is Cc1cccc(NC(=O)CSc2nc3c(n2-c2ccccc2)CCCC3)c1C. The molecule has 0 aliphatic heterocycles. The van der Waals surface area contributed by atoms with Crippen LogP contribution in [0.3, 0.4) is 0 Å². The van der Waals surface area contributed by atoms with Crippen LogP contribution in [0.4, 0.5) is 5.69 Å². The highest BCUT2D eigenvalue weighted by Crippen LogP contribution is 2.30. The van der Waals surface area contributed by atoms with Crippen LogP contribution in [0.5, 0.6) is 0 Å². The maximum atomic E-state index is 12.6. The number of hydrogen-bond donors (Lipinski definition) is 1. The maximum absolute atomic E-state index is 12.6. The highest BCUT2D eigenvalue weighted by molar-refractivity contribution is 7.99. The van der Waals surface area contributed by atoms with Crippen molar-refractivity contribution in [3.05, 3.63) is 71.0 Å². The second-order valence-electron chi connectivity index (χ2n) is 7.25. The first kappa shape index (κ1) is 18.8. The summed E-state index contributed by atoms with van der Waals surface area (Å²) >= 11 is 1.51. The number of hydrogen-bond acceptors (Lipinski definition) is 3. The number of nitrogens with one attached hydrogen (secondary N) is 1. The predicted octanol–water partition coefficient (Wildman–Crippen LogP) is 5.10. The van der Waals surface area contributed by atoms with Gasteiger partial charge in [-0.3, -0.25) is 9.36 Å². The molecule has 1 aliphatic carbocycles. The summed E-state index contributed by atoms with van der Waals surface area (Å²) in [5.41, 5.74) is 6.79. The van der Waals surface area contributed by atoms with E-state index in [1.165, 1.54) is 41.6 Å². The molecule has 4 rings (SSSR count). The van der Waals surface area contributed by atoms with E-state index in [4.69, 9.17) is 4.98 Å². The summed E-state index contributed by atoms with van der Waals surface area (Å²) in [6.07, 6.45) is 4.46. The van der Waals surface area contributed by atoms with Crippen LogP contribution in [0.15, 0.2) is 53.7 Å². The van der Waals surface area contributed by atoms with Crippen molar-refractivity contribution in [2.45, 2.75) is 44.7 Å². The fraction of sp³-hybridized carbons (Fsp3) is 0.304. The van der Waals surface area contributed by atoms with E-state index in [9.17, 15) is 4.79 Å². The second-order valence-corrected chi connectivity index (χ2v) is 8.19. The molecule has 0 saturated heterocycles. The average molecular weight is 392 g/mol. The minimum Gasteiger partial charge on any atom is -0.325 e. The molecule has 1 N–H and O–H groups in total. The summed E-state index contributed by atoms with van der Waals surface area (Å²) in [5.74, 6) is 0.343. The third-order valence-electron chi connectivity index (χ3n) is 5.33. The largest absolute Gasteiger partial charge is 0.325 e. The van der Waals surface area contributed by atoms with Gasteiger partial charge in [0.2, 0.25) is 5.91 Å². The van der Waals surface area contributed by atoms with Crippen molar-refractivity contribution in [3.8, 4) is 5.69 Å². The van der Waals surface area contributed by atoms with E-state index in [0.717, 1.165) is 34.9 Å². The molecule has 1 aliphatic rings. The first-order chi connectivity index (χ1) is 13.6. The summed E-state index contributed by atoms with van der Waals surface area (Å²) in [7, 11) is 0. The third kappa shape index (κ3) is 3.85. The van der Waals surface area contributed by atoms with Gasteiger partial charge in [-0.25, -0.2) is 4.98 Å². The summed E-state index contributed by atoms with van der Waals surface area (Å²) in [6, 6.07) is 16.3. The molecule has 3 aromatic rings. The van der Waals surface area contributed by atoms with Gasteiger partial charge in [0, 0.05) is 17.1 Å². The van der Waals surface area contributed by atoms with E-state index < -0.39 is 0 Å². The Balaban J connectivity index is 1.54. The highest BCUT2D eigenvalue weighted by Gasteiger charge is 2.21. The number of thioether (sulfide) groups is 1. The number of anilines is 1. The molecule has 2 aromatic carbocycles. The van der Waals surface area contributed by atoms with Crippen LogP contribution < -0.4 is 5.32 Å². The number of aryl methyl sites for hydroxylation is 2. The van der Waals surface area contributed by atoms with Gasteiger partial charge in [-0.1, -0.05) is 42.1 Å². The first-order valence-corrected chi connectivity index (χ1v) is 10.8. The van der Waals surface area contributed by atoms with E-state index in [0.29, 0.717) is 5.75 Å². The Bertz CT molecular complexity index is 995. The molecule has 1 heterocycles. The number of aromatic nitrogens is 2. The van der Waals surface area contributed by atoms with E-state index in [-0.39, 0.29) is 5.91 Å². The maximum Gasteiger partial charge on any atom is 0.234 e. The number of carbonyl (C=O) groups is 1. The highest BCUT2D eigenvalue weighted by atomic mass is 32.2. The van der Waals surface area contributed by atoms with Crippen LogP contribution in [0.1, 0.15) is 35.4 Å². The fourth-order valence-electron chi connectivity index (χ4n) is 3.66. The Morgan fingerprint density at radius 3 is 2.68 bits per heavy atom. The van der Waals surface area contributed by atoms with Gasteiger partial charge < -0.3 is 5.32 Å². The predicted molar refractivity (Wildman–Crippen MR) is 115 cm³/mol. The first-order valence-electron chi connectivity index (χ1n) is 9.78. The number of para-hydroxylation sites is 1. The molecule has 0 radical (unpaired) electrons. The van der Waals surface area contributed by atoms with Crippen molar-refractivity contribution in [1.29, 1.82) is 0 Å². The minimum atomic E-state index is -0.000663. The van der Waals surface area contributed by atoms with Crippen LogP contribution in [0, 0.1) is 13.8 Å². The summed E-state index contributed by atoms with van der Waals surface area (Å²) in [5, 5.41) is 3.96. The lowest BCUT2D eigenvalue weighted by Crippen LogP contribution is -2.15. The quantitative estimate of drug-likeness (QED) is 0.616. The Morgan fingerprint density at radius 2 is 1.86 bits per heavy atom. The monoisotopic (exact) mass is 391 g/mol. The van der Waals surface area contributed by atoms with Crippen LogP contribution in [0.2, 0.25) is 0 Å². The number of carbonyl (C=O) groups excluding carboxylic acids is 1. The number of fused-ring (bicyclic) bond motifs is 1. The number of rotatable bonds is 5. The summed E-state index contributed by atoms with van der Waals surface area (Å²) in [4.78, 5) is 17.5. The van der Waals surface area contributed by atoms with Crippen molar-refractivity contribution in [3.63, 3.8) is 0 Å². The summed E-state index contributed by atoms with van der Waals surface area (Å²) in [6.45, 7) is 4.09. The van der Waals surface area contributed by atoms with Crippen LogP contribution in [-0.2, 0) is 17.6 Å². The Hall–Kier alpha value is -2.53. The topological polar surface area (TPSA) is 46.9 Å². The van der Waals surface area contributed by atoms with Crippen molar-refractivity contribution < 1.29 is 4.79 Å². The third-order valence-corrected chi connectivity index (χ3v) is 6.27. The Kier molecular flexibility index (Phi) is 5.53. The number of imidazole rings is 1. The van der Waals surface area contributed by atoms with Gasteiger partial charge in [-0.15, -0.1) is 0 Å². The summed E-state index contributed by atoms with van der Waals surface area (Å²) < 4.78 is 2.24. The normalized spacial score (nSPS) is 13.2. The molecule has 28 heavy (non-hydrogen) atoms. The molecule has 1 aromatic heterocycles. The van der Waals surface area contributed by atoms with Gasteiger partial charge in [-0.05, 0) is 68.9 Å². The Labute approximate surface area is 170 Å². The molecule has 0 atom stereocenters. The molecule has 5 heteroatoms. The van der Waals surface area contributed by atoms with Crippen LogP contribution in [0.25, 0.3) is 5.69 Å². The molecule has 0 bridgehead atoms. The molecule has 0 spiro atoms. The molecule has 144 valence electrons. The molecule has 1 amide bonds. The van der Waals surface area contributed by atoms with Gasteiger partial charge in [0.25, 0.3) is 0 Å². The van der Waals surface area contributed by atoms with Crippen LogP contribution in [-0.4, -0.2) is 21.2 Å². The van der Waals surface area contributed by atoms with Crippen molar-refractivity contribution in [2.75, 3.05) is 11.1 Å². The second kappa shape index (κ2) is 8.23. The minimum absolute atomic E-state index is 0.000663. The van der Waals surface area contributed by atoms with Crippen LogP contribution >= 0.6 is 11.8 Å². The van der Waals surface area contributed by atoms with Gasteiger partial charge in [0.1, 0.15) is 0 Å². The van der Waals surface area contributed by atoms with Crippen molar-refractivity contribution in [1.82, 2.24) is 9.55 Å². The van der Waals surface area contributed by atoms with Gasteiger partial charge in [-0.2, -0.15) is 0 Å². The Morgan fingerprint density at radius 1 is 1.07 bits per heavy atom. The molecule has 0 fully saturated rings. The van der Waals surface area contributed by atoms with Gasteiger partial charge >= 0.3 is 0 Å². The molecular formula is C23H25N3OS. The number of amides is 1. The molecule has 0 unspecified atom stereocenters. The van der Waals surface area contributed by atoms with Crippen molar-refractivity contribution in [2.24, 2.45) is 0 Å². The zero-order chi connectivity index (χ0) is 19.5.